The molecule has 0 atom stereocenters. The van der Waals surface area contributed by atoms with Crippen LogP contribution in [0.3, 0.4) is 0 Å². The lowest BCUT2D eigenvalue weighted by Crippen LogP contribution is -2.03. The molecule has 0 bridgehead atoms. The van der Waals surface area contributed by atoms with E-state index >= 15 is 0 Å². The Balaban J connectivity index is 2.00. The van der Waals surface area contributed by atoms with Crippen molar-refractivity contribution >= 4 is 5.82 Å². The minimum Gasteiger partial charge on any atom is -0.385 e. The van der Waals surface area contributed by atoms with Gasteiger partial charge in [-0.1, -0.05) is 18.2 Å². The van der Waals surface area contributed by atoms with Crippen LogP contribution in [-0.2, 0) is 5.60 Å². The van der Waals surface area contributed by atoms with Gasteiger partial charge in [0.05, 0.1) is 5.60 Å². The van der Waals surface area contributed by atoms with Crippen molar-refractivity contribution < 1.29 is 5.11 Å². The molecule has 92 valence electrons. The standard InChI is InChI=1S/C15H16N2O/c1-16-14-10-12(5-8-17-14)11-3-2-4-13(9-11)15(18)6-7-15/h2-5,8-10,18H,6-7H2,1H3,(H,16,17). The van der Waals surface area contributed by atoms with E-state index in [0.717, 1.165) is 35.3 Å². The average molecular weight is 240 g/mol. The summed E-state index contributed by atoms with van der Waals surface area (Å²) in [6, 6.07) is 12.1. The monoisotopic (exact) mass is 240 g/mol. The van der Waals surface area contributed by atoms with Crippen LogP contribution in [0.25, 0.3) is 11.1 Å². The maximum Gasteiger partial charge on any atom is 0.126 e. The molecule has 0 saturated heterocycles. The number of benzene rings is 1. The Bertz CT molecular complexity index is 576. The van der Waals surface area contributed by atoms with Gasteiger partial charge in [0.25, 0.3) is 0 Å². The molecule has 1 aliphatic rings. The van der Waals surface area contributed by atoms with Gasteiger partial charge in [-0.05, 0) is 47.7 Å². The van der Waals surface area contributed by atoms with E-state index in [1.807, 2.05) is 31.3 Å². The van der Waals surface area contributed by atoms with Gasteiger partial charge in [-0.2, -0.15) is 0 Å². The first-order valence-electron chi connectivity index (χ1n) is 6.18. The molecular weight excluding hydrogens is 224 g/mol. The summed E-state index contributed by atoms with van der Waals surface area (Å²) < 4.78 is 0. The minimum absolute atomic E-state index is 0.575. The maximum absolute atomic E-state index is 10.1. The molecule has 3 nitrogen and oxygen atoms in total. The number of hydrogen-bond donors (Lipinski definition) is 2. The predicted octanol–water partition coefficient (Wildman–Crippen LogP) is 2.77. The number of aromatic nitrogens is 1. The van der Waals surface area contributed by atoms with Gasteiger partial charge in [-0.25, -0.2) is 4.98 Å². The van der Waals surface area contributed by atoms with Crippen molar-refractivity contribution in [3.8, 4) is 11.1 Å². The highest BCUT2D eigenvalue weighted by Gasteiger charge is 2.42. The van der Waals surface area contributed by atoms with E-state index in [-0.39, 0.29) is 0 Å². The third kappa shape index (κ3) is 1.97. The molecule has 1 aromatic carbocycles. The van der Waals surface area contributed by atoms with Gasteiger partial charge >= 0.3 is 0 Å². The highest BCUT2D eigenvalue weighted by atomic mass is 16.3. The van der Waals surface area contributed by atoms with Crippen molar-refractivity contribution in [2.45, 2.75) is 18.4 Å². The Kier molecular flexibility index (Phi) is 2.56. The molecule has 3 heteroatoms. The first kappa shape index (κ1) is 11.2. The minimum atomic E-state index is -0.575. The van der Waals surface area contributed by atoms with Gasteiger partial charge in [0, 0.05) is 13.2 Å². The fourth-order valence-electron chi connectivity index (χ4n) is 2.14. The third-order valence-corrected chi connectivity index (χ3v) is 3.47. The summed E-state index contributed by atoms with van der Waals surface area (Å²) in [5.41, 5.74) is 2.67. The zero-order valence-corrected chi connectivity index (χ0v) is 10.4. The number of rotatable bonds is 3. The second-order valence-electron chi connectivity index (χ2n) is 4.79. The van der Waals surface area contributed by atoms with Gasteiger partial charge in [0.15, 0.2) is 0 Å². The molecule has 0 spiro atoms. The fraction of sp³-hybridized carbons (Fsp3) is 0.267. The topological polar surface area (TPSA) is 45.1 Å². The number of nitrogens with zero attached hydrogens (tertiary/aromatic N) is 1. The lowest BCUT2D eigenvalue weighted by molar-refractivity contribution is 0.151. The summed E-state index contributed by atoms with van der Waals surface area (Å²) in [6.45, 7) is 0. The zero-order valence-electron chi connectivity index (χ0n) is 10.4. The van der Waals surface area contributed by atoms with Crippen LogP contribution >= 0.6 is 0 Å². The normalized spacial score (nSPS) is 16.3. The van der Waals surface area contributed by atoms with Gasteiger partial charge in [0.2, 0.25) is 0 Å². The van der Waals surface area contributed by atoms with Crippen molar-refractivity contribution in [2.24, 2.45) is 0 Å². The summed E-state index contributed by atoms with van der Waals surface area (Å²) in [5, 5.41) is 13.2. The van der Waals surface area contributed by atoms with Gasteiger partial charge in [-0.15, -0.1) is 0 Å². The van der Waals surface area contributed by atoms with Gasteiger partial charge < -0.3 is 10.4 Å². The summed E-state index contributed by atoms with van der Waals surface area (Å²) >= 11 is 0. The van der Waals surface area contributed by atoms with Crippen LogP contribution < -0.4 is 5.32 Å². The number of nitrogens with one attached hydrogen (secondary N) is 1. The fourth-order valence-corrected chi connectivity index (χ4v) is 2.14. The highest BCUT2D eigenvalue weighted by Crippen LogP contribution is 2.45. The van der Waals surface area contributed by atoms with E-state index in [9.17, 15) is 5.11 Å². The van der Waals surface area contributed by atoms with Crippen molar-refractivity contribution in [3.05, 3.63) is 48.2 Å². The van der Waals surface area contributed by atoms with Crippen molar-refractivity contribution in [2.75, 3.05) is 12.4 Å². The van der Waals surface area contributed by atoms with Crippen LogP contribution in [0, 0.1) is 0 Å². The molecular formula is C15H16N2O. The summed E-state index contributed by atoms with van der Waals surface area (Å²) in [5.74, 6) is 0.850. The largest absolute Gasteiger partial charge is 0.385 e. The van der Waals surface area contributed by atoms with Crippen LogP contribution in [0.5, 0.6) is 0 Å². The highest BCUT2D eigenvalue weighted by molar-refractivity contribution is 5.67. The molecule has 1 saturated carbocycles. The van der Waals surface area contributed by atoms with Crippen molar-refractivity contribution in [1.82, 2.24) is 4.98 Å². The van der Waals surface area contributed by atoms with E-state index in [1.54, 1.807) is 6.20 Å². The maximum atomic E-state index is 10.1. The summed E-state index contributed by atoms with van der Waals surface area (Å²) in [7, 11) is 1.86. The second-order valence-corrected chi connectivity index (χ2v) is 4.79. The SMILES string of the molecule is CNc1cc(-c2cccc(C3(O)CC3)c2)ccn1. The molecule has 18 heavy (non-hydrogen) atoms. The molecule has 0 unspecified atom stereocenters. The Morgan fingerprint density at radius 3 is 2.67 bits per heavy atom. The smallest absolute Gasteiger partial charge is 0.126 e. The third-order valence-electron chi connectivity index (χ3n) is 3.47. The number of anilines is 1. The average Bonchev–Trinajstić information content (AvgIpc) is 3.18. The second kappa shape index (κ2) is 4.10. The first-order valence-corrected chi connectivity index (χ1v) is 6.18. The molecule has 2 N–H and O–H groups in total. The molecule has 1 fully saturated rings. The van der Waals surface area contributed by atoms with E-state index in [2.05, 4.69) is 22.4 Å². The van der Waals surface area contributed by atoms with E-state index < -0.39 is 5.60 Å². The Hall–Kier alpha value is -1.87. The Morgan fingerprint density at radius 2 is 1.94 bits per heavy atom. The van der Waals surface area contributed by atoms with Gasteiger partial charge in [0.1, 0.15) is 5.82 Å². The van der Waals surface area contributed by atoms with Crippen molar-refractivity contribution in [1.29, 1.82) is 0 Å². The van der Waals surface area contributed by atoms with E-state index in [0.29, 0.717) is 0 Å². The zero-order chi connectivity index (χ0) is 12.6. The molecule has 2 aromatic rings. The Labute approximate surface area is 107 Å². The molecule has 1 aliphatic carbocycles. The number of hydrogen-bond acceptors (Lipinski definition) is 3. The molecule has 0 amide bonds. The lowest BCUT2D eigenvalue weighted by atomic mass is 10.0. The first-order chi connectivity index (χ1) is 8.71. The van der Waals surface area contributed by atoms with Crippen LogP contribution in [0.2, 0.25) is 0 Å². The van der Waals surface area contributed by atoms with Crippen molar-refractivity contribution in [3.63, 3.8) is 0 Å². The molecule has 0 aliphatic heterocycles. The van der Waals surface area contributed by atoms with Crippen LogP contribution in [0.1, 0.15) is 18.4 Å². The Morgan fingerprint density at radius 1 is 1.17 bits per heavy atom. The van der Waals surface area contributed by atoms with Gasteiger partial charge in [-0.3, -0.25) is 0 Å². The number of aliphatic hydroxyl groups is 1. The molecule has 3 rings (SSSR count). The lowest BCUT2D eigenvalue weighted by Gasteiger charge is -2.10. The van der Waals surface area contributed by atoms with Crippen LogP contribution in [0.4, 0.5) is 5.82 Å². The molecule has 0 radical (unpaired) electrons. The van der Waals surface area contributed by atoms with Crippen LogP contribution in [-0.4, -0.2) is 17.1 Å². The van der Waals surface area contributed by atoms with E-state index in [4.69, 9.17) is 0 Å². The predicted molar refractivity (Wildman–Crippen MR) is 72.4 cm³/mol. The number of pyridine rings is 1. The molecule has 1 aromatic heterocycles. The molecule has 1 heterocycles. The quantitative estimate of drug-likeness (QED) is 0.867. The summed E-state index contributed by atoms with van der Waals surface area (Å²) in [4.78, 5) is 4.21. The van der Waals surface area contributed by atoms with E-state index in [1.165, 1.54) is 0 Å². The summed E-state index contributed by atoms with van der Waals surface area (Å²) in [6.07, 6.45) is 3.53. The van der Waals surface area contributed by atoms with Crippen LogP contribution in [0.15, 0.2) is 42.6 Å².